The monoisotopic (exact) mass is 355 g/mol. The van der Waals surface area contributed by atoms with E-state index in [1.807, 2.05) is 40.5 Å². The average molecular weight is 355 g/mol. The molecule has 3 heterocycles. The first-order chi connectivity index (χ1) is 11.8. The number of benzene rings is 1. The lowest BCUT2D eigenvalue weighted by Gasteiger charge is -2.05. The molecule has 4 aromatic rings. The van der Waals surface area contributed by atoms with Gasteiger partial charge in [0.15, 0.2) is 0 Å². The molecule has 24 heavy (non-hydrogen) atoms. The first-order valence-electron chi connectivity index (χ1n) is 7.37. The summed E-state index contributed by atoms with van der Waals surface area (Å²) in [7, 11) is 0. The quantitative estimate of drug-likeness (QED) is 0.597. The molecule has 0 bridgehead atoms. The molecular weight excluding hydrogens is 342 g/mol. The molecule has 3 aromatic heterocycles. The predicted octanol–water partition coefficient (Wildman–Crippen LogP) is 3.05. The molecule has 0 atom stereocenters. The van der Waals surface area contributed by atoms with E-state index in [9.17, 15) is 4.79 Å². The molecule has 0 aliphatic heterocycles. The van der Waals surface area contributed by atoms with E-state index in [0.29, 0.717) is 18.7 Å². The second-order valence-electron chi connectivity index (χ2n) is 5.16. The average Bonchev–Trinajstić information content (AvgIpc) is 3.34. The van der Waals surface area contributed by atoms with Crippen molar-refractivity contribution in [2.45, 2.75) is 6.54 Å². The summed E-state index contributed by atoms with van der Waals surface area (Å²) in [5.74, 6) is -0.115. The fourth-order valence-electron chi connectivity index (χ4n) is 2.35. The number of carbonyl (C=O) groups excluding carboxylic acids is 1. The topological polar surface area (TPSA) is 72.7 Å². The van der Waals surface area contributed by atoms with Gasteiger partial charge in [-0.05, 0) is 35.7 Å². The van der Waals surface area contributed by atoms with Gasteiger partial charge in [0.1, 0.15) is 16.7 Å². The SMILES string of the molecule is O=C(NCCn1ccc(-c2cccs2)n1)c1ccc2nsnc2c1. The number of nitrogens with zero attached hydrogens (tertiary/aromatic N) is 4. The molecule has 0 aliphatic carbocycles. The van der Waals surface area contributed by atoms with E-state index in [2.05, 4.69) is 19.2 Å². The number of amides is 1. The number of thiophene rings is 1. The Kier molecular flexibility index (Phi) is 4.06. The van der Waals surface area contributed by atoms with Crippen molar-refractivity contribution in [1.29, 1.82) is 0 Å². The number of carbonyl (C=O) groups is 1. The molecule has 8 heteroatoms. The summed E-state index contributed by atoms with van der Waals surface area (Å²) in [5.41, 5.74) is 3.11. The van der Waals surface area contributed by atoms with Crippen molar-refractivity contribution >= 4 is 40.0 Å². The Balaban J connectivity index is 1.36. The second-order valence-corrected chi connectivity index (χ2v) is 6.64. The molecular formula is C16H13N5OS2. The van der Waals surface area contributed by atoms with Gasteiger partial charge >= 0.3 is 0 Å². The van der Waals surface area contributed by atoms with Crippen molar-refractivity contribution in [3.63, 3.8) is 0 Å². The minimum Gasteiger partial charge on any atom is -0.350 e. The van der Waals surface area contributed by atoms with Gasteiger partial charge in [0, 0.05) is 18.3 Å². The highest BCUT2D eigenvalue weighted by Crippen LogP contribution is 2.22. The fraction of sp³-hybridized carbons (Fsp3) is 0.125. The van der Waals surface area contributed by atoms with Crippen LogP contribution in [0.5, 0.6) is 0 Å². The first kappa shape index (κ1) is 15.0. The van der Waals surface area contributed by atoms with Crippen LogP contribution in [0.3, 0.4) is 0 Å². The minimum atomic E-state index is -0.115. The minimum absolute atomic E-state index is 0.115. The van der Waals surface area contributed by atoms with Crippen LogP contribution >= 0.6 is 23.1 Å². The van der Waals surface area contributed by atoms with E-state index in [0.717, 1.165) is 33.3 Å². The molecule has 0 fully saturated rings. The molecule has 6 nitrogen and oxygen atoms in total. The number of hydrogen-bond donors (Lipinski definition) is 1. The molecule has 1 aromatic carbocycles. The van der Waals surface area contributed by atoms with Crippen LogP contribution in [-0.4, -0.2) is 31.0 Å². The standard InChI is InChI=1S/C16H13N5OS2/c22-16(11-3-4-12-14(10-11)20-24-19-12)17-6-8-21-7-5-13(18-21)15-2-1-9-23-15/h1-5,7,9-10H,6,8H2,(H,17,22). The zero-order valence-electron chi connectivity index (χ0n) is 12.5. The van der Waals surface area contributed by atoms with Gasteiger partial charge in [0.2, 0.25) is 0 Å². The third-order valence-electron chi connectivity index (χ3n) is 3.56. The molecule has 0 spiro atoms. The summed E-state index contributed by atoms with van der Waals surface area (Å²) in [6.45, 7) is 1.13. The molecule has 0 radical (unpaired) electrons. The fourth-order valence-corrected chi connectivity index (χ4v) is 3.56. The van der Waals surface area contributed by atoms with Crippen molar-refractivity contribution in [2.24, 2.45) is 0 Å². The highest BCUT2D eigenvalue weighted by atomic mass is 32.1. The van der Waals surface area contributed by atoms with Crippen LogP contribution < -0.4 is 5.32 Å². The van der Waals surface area contributed by atoms with Crippen LogP contribution in [0, 0.1) is 0 Å². The number of hydrogen-bond acceptors (Lipinski definition) is 6. The zero-order chi connectivity index (χ0) is 16.4. The molecule has 0 unspecified atom stereocenters. The van der Waals surface area contributed by atoms with Crippen LogP contribution in [0.1, 0.15) is 10.4 Å². The highest BCUT2D eigenvalue weighted by Gasteiger charge is 2.08. The molecule has 1 N–H and O–H groups in total. The van der Waals surface area contributed by atoms with Crippen LogP contribution in [0.4, 0.5) is 0 Å². The third-order valence-corrected chi connectivity index (χ3v) is 5.01. The number of nitrogens with one attached hydrogen (secondary N) is 1. The van der Waals surface area contributed by atoms with Gasteiger partial charge in [-0.2, -0.15) is 13.8 Å². The normalized spacial score (nSPS) is 11.0. The molecule has 120 valence electrons. The summed E-state index contributed by atoms with van der Waals surface area (Å²) < 4.78 is 10.1. The van der Waals surface area contributed by atoms with Crippen molar-refractivity contribution < 1.29 is 4.79 Å². The largest absolute Gasteiger partial charge is 0.350 e. The summed E-state index contributed by atoms with van der Waals surface area (Å²) in [4.78, 5) is 13.4. The van der Waals surface area contributed by atoms with E-state index in [4.69, 9.17) is 0 Å². The number of aromatic nitrogens is 4. The van der Waals surface area contributed by atoms with Crippen molar-refractivity contribution in [3.05, 3.63) is 53.5 Å². The lowest BCUT2D eigenvalue weighted by Crippen LogP contribution is -2.27. The van der Waals surface area contributed by atoms with Gasteiger partial charge in [-0.3, -0.25) is 9.48 Å². The lowest BCUT2D eigenvalue weighted by atomic mass is 10.2. The Labute approximate surface area is 146 Å². The summed E-state index contributed by atoms with van der Waals surface area (Å²) in [6.07, 6.45) is 1.92. The maximum atomic E-state index is 12.2. The Bertz CT molecular complexity index is 973. The van der Waals surface area contributed by atoms with E-state index in [1.54, 1.807) is 23.5 Å². The predicted molar refractivity (Wildman–Crippen MR) is 95.3 cm³/mol. The van der Waals surface area contributed by atoms with Crippen molar-refractivity contribution in [3.8, 4) is 10.6 Å². The van der Waals surface area contributed by atoms with Crippen molar-refractivity contribution in [1.82, 2.24) is 23.8 Å². The Morgan fingerprint density at radius 3 is 2.96 bits per heavy atom. The number of rotatable bonds is 5. The molecule has 0 saturated heterocycles. The highest BCUT2D eigenvalue weighted by molar-refractivity contribution is 7.13. The molecule has 4 rings (SSSR count). The first-order valence-corrected chi connectivity index (χ1v) is 8.98. The maximum Gasteiger partial charge on any atom is 0.251 e. The van der Waals surface area contributed by atoms with Crippen LogP contribution in [0.2, 0.25) is 0 Å². The van der Waals surface area contributed by atoms with Crippen LogP contribution in [-0.2, 0) is 6.54 Å². The van der Waals surface area contributed by atoms with Crippen LogP contribution in [0.15, 0.2) is 48.0 Å². The van der Waals surface area contributed by atoms with E-state index < -0.39 is 0 Å². The van der Waals surface area contributed by atoms with Crippen LogP contribution in [0.25, 0.3) is 21.6 Å². The van der Waals surface area contributed by atoms with Gasteiger partial charge in [0.25, 0.3) is 5.91 Å². The molecule has 1 amide bonds. The van der Waals surface area contributed by atoms with Gasteiger partial charge < -0.3 is 5.32 Å². The third kappa shape index (κ3) is 3.06. The van der Waals surface area contributed by atoms with E-state index in [-0.39, 0.29) is 5.91 Å². The second kappa shape index (κ2) is 6.50. The summed E-state index contributed by atoms with van der Waals surface area (Å²) >= 11 is 2.81. The summed E-state index contributed by atoms with van der Waals surface area (Å²) in [6, 6.07) is 11.4. The maximum absolute atomic E-state index is 12.2. The van der Waals surface area contributed by atoms with Crippen molar-refractivity contribution in [2.75, 3.05) is 6.54 Å². The van der Waals surface area contributed by atoms with Gasteiger partial charge in [-0.1, -0.05) is 6.07 Å². The Morgan fingerprint density at radius 1 is 1.17 bits per heavy atom. The summed E-state index contributed by atoms with van der Waals surface area (Å²) in [5, 5.41) is 9.45. The number of fused-ring (bicyclic) bond motifs is 1. The Morgan fingerprint density at radius 2 is 2.08 bits per heavy atom. The Hall–Kier alpha value is -2.58. The van der Waals surface area contributed by atoms with Gasteiger partial charge in [-0.15, -0.1) is 11.3 Å². The molecule has 0 saturated carbocycles. The smallest absolute Gasteiger partial charge is 0.251 e. The zero-order valence-corrected chi connectivity index (χ0v) is 14.2. The van der Waals surface area contributed by atoms with E-state index in [1.165, 1.54) is 0 Å². The van der Waals surface area contributed by atoms with Gasteiger partial charge in [0.05, 0.1) is 23.2 Å². The van der Waals surface area contributed by atoms with Gasteiger partial charge in [-0.25, -0.2) is 0 Å². The molecule has 0 aliphatic rings. The lowest BCUT2D eigenvalue weighted by molar-refractivity contribution is 0.0952. The van der Waals surface area contributed by atoms with E-state index >= 15 is 0 Å².